The Morgan fingerprint density at radius 1 is 1.29 bits per heavy atom. The van der Waals surface area contributed by atoms with Gasteiger partial charge in [0, 0.05) is 6.04 Å². The predicted molar refractivity (Wildman–Crippen MR) is 62.0 cm³/mol. The molecule has 17 heavy (non-hydrogen) atoms. The van der Waals surface area contributed by atoms with Gasteiger partial charge in [-0.3, -0.25) is 11.3 Å². The van der Waals surface area contributed by atoms with Gasteiger partial charge in [0.15, 0.2) is 0 Å². The molecule has 0 radical (unpaired) electrons. The molecule has 0 bridgehead atoms. The lowest BCUT2D eigenvalue weighted by atomic mass is 9.77. The van der Waals surface area contributed by atoms with Gasteiger partial charge < -0.3 is 0 Å². The maximum Gasteiger partial charge on any atom is 0.391 e. The third-order valence-corrected chi connectivity index (χ3v) is 3.70. The summed E-state index contributed by atoms with van der Waals surface area (Å²) >= 11 is 0. The van der Waals surface area contributed by atoms with E-state index >= 15 is 0 Å². The van der Waals surface area contributed by atoms with E-state index in [9.17, 15) is 13.2 Å². The average Bonchev–Trinajstić information content (AvgIpc) is 2.29. The molecule has 0 aliphatic heterocycles. The molecule has 0 amide bonds. The minimum absolute atomic E-state index is 0.113. The van der Waals surface area contributed by atoms with Crippen LogP contribution in [0, 0.1) is 11.8 Å². The molecule has 1 atom stereocenters. The van der Waals surface area contributed by atoms with Crippen LogP contribution in [-0.4, -0.2) is 12.2 Å². The second-order valence-electron chi connectivity index (χ2n) is 4.79. The predicted octanol–water partition coefficient (Wildman–Crippen LogP) is 3.15. The summed E-state index contributed by atoms with van der Waals surface area (Å²) in [6.07, 6.45) is 1.16. The molecule has 0 saturated heterocycles. The number of halogens is 3. The lowest BCUT2D eigenvalue weighted by molar-refractivity contribution is -0.184. The van der Waals surface area contributed by atoms with Crippen LogP contribution in [0.5, 0.6) is 0 Å². The van der Waals surface area contributed by atoms with Crippen LogP contribution in [0.15, 0.2) is 12.7 Å². The van der Waals surface area contributed by atoms with Crippen molar-refractivity contribution in [1.29, 1.82) is 0 Å². The summed E-state index contributed by atoms with van der Waals surface area (Å²) in [5.41, 5.74) is 2.73. The lowest BCUT2D eigenvalue weighted by Crippen LogP contribution is -2.43. The highest BCUT2D eigenvalue weighted by atomic mass is 19.4. The fourth-order valence-corrected chi connectivity index (χ4v) is 2.60. The molecule has 0 spiro atoms. The van der Waals surface area contributed by atoms with E-state index < -0.39 is 12.1 Å². The van der Waals surface area contributed by atoms with Gasteiger partial charge in [0.1, 0.15) is 0 Å². The van der Waals surface area contributed by atoms with Crippen LogP contribution in [0.3, 0.4) is 0 Å². The molecule has 1 unspecified atom stereocenters. The zero-order chi connectivity index (χ0) is 12.9. The molecule has 0 aromatic carbocycles. The molecular weight excluding hydrogens is 229 g/mol. The fourth-order valence-electron chi connectivity index (χ4n) is 2.60. The summed E-state index contributed by atoms with van der Waals surface area (Å²) in [5.74, 6) is 4.61. The van der Waals surface area contributed by atoms with E-state index in [2.05, 4.69) is 12.0 Å². The highest BCUT2D eigenvalue weighted by Crippen LogP contribution is 2.40. The van der Waals surface area contributed by atoms with Gasteiger partial charge in [-0.15, -0.1) is 6.58 Å². The molecule has 100 valence electrons. The van der Waals surface area contributed by atoms with Gasteiger partial charge in [-0.25, -0.2) is 0 Å². The smallest absolute Gasteiger partial charge is 0.271 e. The summed E-state index contributed by atoms with van der Waals surface area (Å²) in [7, 11) is 0. The molecule has 0 aromatic heterocycles. The van der Waals surface area contributed by atoms with Crippen molar-refractivity contribution in [2.24, 2.45) is 17.7 Å². The molecule has 0 heterocycles. The first-order valence-electron chi connectivity index (χ1n) is 6.12. The van der Waals surface area contributed by atoms with Crippen LogP contribution in [0.25, 0.3) is 0 Å². The van der Waals surface area contributed by atoms with Gasteiger partial charge in [0.25, 0.3) is 0 Å². The maximum atomic E-state index is 12.5. The first-order chi connectivity index (χ1) is 7.99. The van der Waals surface area contributed by atoms with Gasteiger partial charge in [-0.1, -0.05) is 6.08 Å². The SMILES string of the molecule is C=CCCC(NN)C1CCC(C(F)(F)F)CC1. The largest absolute Gasteiger partial charge is 0.391 e. The zero-order valence-corrected chi connectivity index (χ0v) is 9.97. The number of nitrogens with two attached hydrogens (primary N) is 1. The first kappa shape index (κ1) is 14.5. The third-order valence-electron chi connectivity index (χ3n) is 3.70. The van der Waals surface area contributed by atoms with Crippen LogP contribution >= 0.6 is 0 Å². The van der Waals surface area contributed by atoms with Crippen molar-refractivity contribution < 1.29 is 13.2 Å². The van der Waals surface area contributed by atoms with Crippen molar-refractivity contribution in [2.45, 2.75) is 50.7 Å². The number of nitrogens with one attached hydrogen (secondary N) is 1. The van der Waals surface area contributed by atoms with Gasteiger partial charge >= 0.3 is 6.18 Å². The first-order valence-corrected chi connectivity index (χ1v) is 6.12. The molecule has 0 aromatic rings. The van der Waals surface area contributed by atoms with E-state index in [1.807, 2.05) is 6.08 Å². The van der Waals surface area contributed by atoms with Gasteiger partial charge in [-0.2, -0.15) is 13.2 Å². The van der Waals surface area contributed by atoms with Crippen LogP contribution in [0.4, 0.5) is 13.2 Å². The Morgan fingerprint density at radius 2 is 1.88 bits per heavy atom. The number of rotatable bonds is 5. The monoisotopic (exact) mass is 250 g/mol. The summed E-state index contributed by atoms with van der Waals surface area (Å²) < 4.78 is 37.5. The second-order valence-corrected chi connectivity index (χ2v) is 4.79. The van der Waals surface area contributed by atoms with Crippen molar-refractivity contribution in [2.75, 3.05) is 0 Å². The molecule has 5 heteroatoms. The number of hydrogen-bond acceptors (Lipinski definition) is 2. The van der Waals surface area contributed by atoms with Crippen LogP contribution in [-0.2, 0) is 0 Å². The zero-order valence-electron chi connectivity index (χ0n) is 9.97. The topological polar surface area (TPSA) is 38.0 Å². The Hall–Kier alpha value is -0.550. The Balaban J connectivity index is 2.41. The Labute approximate surface area is 100 Å². The highest BCUT2D eigenvalue weighted by Gasteiger charge is 2.42. The Morgan fingerprint density at radius 3 is 2.29 bits per heavy atom. The number of hydrazine groups is 1. The van der Waals surface area contributed by atoms with Crippen molar-refractivity contribution in [1.82, 2.24) is 5.43 Å². The van der Waals surface area contributed by atoms with E-state index in [0.29, 0.717) is 12.8 Å². The van der Waals surface area contributed by atoms with E-state index in [1.165, 1.54) is 0 Å². The second kappa shape index (κ2) is 6.40. The molecule has 1 rings (SSSR count). The van der Waals surface area contributed by atoms with Crippen LogP contribution in [0.1, 0.15) is 38.5 Å². The van der Waals surface area contributed by atoms with E-state index in [-0.39, 0.29) is 24.8 Å². The van der Waals surface area contributed by atoms with Crippen molar-refractivity contribution in [3.63, 3.8) is 0 Å². The lowest BCUT2D eigenvalue weighted by Gasteiger charge is -2.34. The molecule has 2 nitrogen and oxygen atoms in total. The minimum atomic E-state index is -4.03. The molecule has 3 N–H and O–H groups in total. The van der Waals surface area contributed by atoms with Gasteiger partial charge in [0.2, 0.25) is 0 Å². The number of hydrogen-bond donors (Lipinski definition) is 2. The van der Waals surface area contributed by atoms with Gasteiger partial charge in [-0.05, 0) is 44.4 Å². The highest BCUT2D eigenvalue weighted by molar-refractivity contribution is 4.84. The van der Waals surface area contributed by atoms with Crippen molar-refractivity contribution in [3.05, 3.63) is 12.7 Å². The summed E-state index contributed by atoms with van der Waals surface area (Å²) in [4.78, 5) is 0. The average molecular weight is 250 g/mol. The summed E-state index contributed by atoms with van der Waals surface area (Å²) in [6, 6.07) is 0.113. The Kier molecular flexibility index (Phi) is 5.46. The Bertz CT molecular complexity index is 232. The van der Waals surface area contributed by atoms with Crippen LogP contribution < -0.4 is 11.3 Å². The van der Waals surface area contributed by atoms with Crippen molar-refractivity contribution >= 4 is 0 Å². The minimum Gasteiger partial charge on any atom is -0.271 e. The third kappa shape index (κ3) is 4.32. The molecule has 1 fully saturated rings. The van der Waals surface area contributed by atoms with E-state index in [4.69, 9.17) is 5.84 Å². The summed E-state index contributed by atoms with van der Waals surface area (Å²) in [5, 5.41) is 0. The standard InChI is InChI=1S/C12H21F3N2/c1-2-3-4-11(17-16)9-5-7-10(8-6-9)12(13,14)15/h2,9-11,17H,1,3-8,16H2. The van der Waals surface area contributed by atoms with E-state index in [1.54, 1.807) is 0 Å². The molecule has 1 saturated carbocycles. The van der Waals surface area contributed by atoms with E-state index in [0.717, 1.165) is 12.8 Å². The van der Waals surface area contributed by atoms with Gasteiger partial charge in [0.05, 0.1) is 5.92 Å². The summed E-state index contributed by atoms with van der Waals surface area (Å²) in [6.45, 7) is 3.64. The normalized spacial score (nSPS) is 27.8. The fraction of sp³-hybridized carbons (Fsp3) is 0.833. The maximum absolute atomic E-state index is 12.5. The number of allylic oxidation sites excluding steroid dienone is 1. The molecular formula is C12H21F3N2. The number of alkyl halides is 3. The van der Waals surface area contributed by atoms with Crippen LogP contribution in [0.2, 0.25) is 0 Å². The molecule has 1 aliphatic rings. The van der Waals surface area contributed by atoms with Crippen molar-refractivity contribution in [3.8, 4) is 0 Å². The quantitative estimate of drug-likeness (QED) is 0.447. The molecule has 1 aliphatic carbocycles.